The highest BCUT2D eigenvalue weighted by Crippen LogP contribution is 1.98. The van der Waals surface area contributed by atoms with Crippen LogP contribution in [0.1, 0.15) is 26.7 Å². The number of aliphatic hydroxyl groups is 1. The summed E-state index contributed by atoms with van der Waals surface area (Å²) < 4.78 is 26.9. The predicted octanol–water partition coefficient (Wildman–Crippen LogP) is -0.739. The lowest BCUT2D eigenvalue weighted by molar-refractivity contribution is 0.164. The number of rotatable bonds is 8. The van der Waals surface area contributed by atoms with E-state index in [0.29, 0.717) is 6.54 Å². The normalized spacial score (nSPS) is 16.4. The van der Waals surface area contributed by atoms with E-state index in [-0.39, 0.29) is 6.54 Å². The van der Waals surface area contributed by atoms with Gasteiger partial charge in [-0.05, 0) is 13.3 Å². The Morgan fingerprint density at radius 3 is 2.50 bits per heavy atom. The molecule has 0 spiro atoms. The zero-order chi connectivity index (χ0) is 12.8. The number of nitrogens with one attached hydrogen (secondary N) is 1. The van der Waals surface area contributed by atoms with Crippen LogP contribution < -0.4 is 10.5 Å². The summed E-state index contributed by atoms with van der Waals surface area (Å²) in [6, 6.07) is -0.589. The SMILES string of the molecule is CCCCN(C)S(=O)(=O)NCC(N)C(C)O. The van der Waals surface area contributed by atoms with Gasteiger partial charge >= 0.3 is 0 Å². The predicted molar refractivity (Wildman–Crippen MR) is 64.1 cm³/mol. The summed E-state index contributed by atoms with van der Waals surface area (Å²) >= 11 is 0. The van der Waals surface area contributed by atoms with E-state index < -0.39 is 22.4 Å². The summed E-state index contributed by atoms with van der Waals surface area (Å²) in [5.41, 5.74) is 5.53. The smallest absolute Gasteiger partial charge is 0.279 e. The van der Waals surface area contributed by atoms with Crippen LogP contribution in [0.2, 0.25) is 0 Å². The molecule has 0 saturated carbocycles. The number of hydrogen-bond acceptors (Lipinski definition) is 4. The lowest BCUT2D eigenvalue weighted by Crippen LogP contribution is -2.47. The van der Waals surface area contributed by atoms with Gasteiger partial charge in [0, 0.05) is 26.2 Å². The topological polar surface area (TPSA) is 95.7 Å². The van der Waals surface area contributed by atoms with E-state index in [1.807, 2.05) is 6.92 Å². The minimum Gasteiger partial charge on any atom is -0.392 e. The van der Waals surface area contributed by atoms with E-state index in [0.717, 1.165) is 12.8 Å². The van der Waals surface area contributed by atoms with Crippen molar-refractivity contribution < 1.29 is 13.5 Å². The lowest BCUT2D eigenvalue weighted by atomic mass is 10.2. The van der Waals surface area contributed by atoms with Crippen molar-refractivity contribution in [2.45, 2.75) is 38.8 Å². The first kappa shape index (κ1) is 15.8. The maximum atomic E-state index is 11.6. The largest absolute Gasteiger partial charge is 0.392 e. The molecule has 0 bridgehead atoms. The molecular formula is C9H23N3O3S. The molecule has 0 rings (SSSR count). The number of nitrogens with zero attached hydrogens (tertiary/aromatic N) is 1. The van der Waals surface area contributed by atoms with Crippen LogP contribution in [0, 0.1) is 0 Å². The van der Waals surface area contributed by atoms with Crippen molar-refractivity contribution in [2.24, 2.45) is 5.73 Å². The van der Waals surface area contributed by atoms with Gasteiger partial charge in [0.2, 0.25) is 0 Å². The summed E-state index contributed by atoms with van der Waals surface area (Å²) in [4.78, 5) is 0. The first-order valence-electron chi connectivity index (χ1n) is 5.45. The highest BCUT2D eigenvalue weighted by atomic mass is 32.2. The molecule has 0 aliphatic rings. The molecule has 0 saturated heterocycles. The van der Waals surface area contributed by atoms with Crippen LogP contribution in [0.4, 0.5) is 0 Å². The fourth-order valence-electron chi connectivity index (χ4n) is 0.983. The van der Waals surface area contributed by atoms with Crippen LogP contribution in [0.5, 0.6) is 0 Å². The van der Waals surface area contributed by atoms with Gasteiger partial charge in [-0.2, -0.15) is 12.7 Å². The summed E-state index contributed by atoms with van der Waals surface area (Å²) in [5, 5.41) is 9.12. The average molecular weight is 253 g/mol. The molecule has 2 atom stereocenters. The standard InChI is InChI=1S/C9H23N3O3S/c1-4-5-6-12(3)16(14,15)11-7-9(10)8(2)13/h8-9,11,13H,4-7,10H2,1-3H3. The Balaban J connectivity index is 4.14. The monoisotopic (exact) mass is 253 g/mol. The molecule has 0 heterocycles. The first-order valence-corrected chi connectivity index (χ1v) is 6.89. The fourth-order valence-corrected chi connectivity index (χ4v) is 1.98. The van der Waals surface area contributed by atoms with Crippen LogP contribution in [-0.4, -0.2) is 50.1 Å². The van der Waals surface area contributed by atoms with E-state index in [1.54, 1.807) is 0 Å². The van der Waals surface area contributed by atoms with Gasteiger partial charge in [0.15, 0.2) is 0 Å². The van der Waals surface area contributed by atoms with Gasteiger partial charge in [-0.1, -0.05) is 13.3 Å². The first-order chi connectivity index (χ1) is 7.31. The van der Waals surface area contributed by atoms with Gasteiger partial charge in [0.05, 0.1) is 6.10 Å². The molecule has 0 amide bonds. The molecule has 6 nitrogen and oxygen atoms in total. The van der Waals surface area contributed by atoms with E-state index in [9.17, 15) is 8.42 Å². The Hall–Kier alpha value is -0.210. The van der Waals surface area contributed by atoms with Crippen LogP contribution in [0.3, 0.4) is 0 Å². The minimum absolute atomic E-state index is 0.0382. The van der Waals surface area contributed by atoms with Crippen molar-refractivity contribution >= 4 is 10.2 Å². The second-order valence-corrected chi connectivity index (χ2v) is 5.80. The zero-order valence-electron chi connectivity index (χ0n) is 10.2. The third-order valence-corrected chi connectivity index (χ3v) is 3.89. The summed E-state index contributed by atoms with van der Waals surface area (Å²) in [6.07, 6.45) is 1.02. The van der Waals surface area contributed by atoms with Crippen molar-refractivity contribution in [3.8, 4) is 0 Å². The van der Waals surface area contributed by atoms with Gasteiger partial charge in [0.25, 0.3) is 10.2 Å². The van der Waals surface area contributed by atoms with Crippen molar-refractivity contribution in [3.05, 3.63) is 0 Å². The van der Waals surface area contributed by atoms with E-state index >= 15 is 0 Å². The van der Waals surface area contributed by atoms with E-state index in [4.69, 9.17) is 10.8 Å². The van der Waals surface area contributed by atoms with Crippen LogP contribution in [0.15, 0.2) is 0 Å². The van der Waals surface area contributed by atoms with Gasteiger partial charge in [-0.15, -0.1) is 0 Å². The second kappa shape index (κ2) is 7.18. The van der Waals surface area contributed by atoms with Crippen molar-refractivity contribution in [3.63, 3.8) is 0 Å². The molecule has 0 aliphatic heterocycles. The Morgan fingerprint density at radius 2 is 2.06 bits per heavy atom. The fraction of sp³-hybridized carbons (Fsp3) is 1.00. The highest BCUT2D eigenvalue weighted by molar-refractivity contribution is 7.87. The molecule has 16 heavy (non-hydrogen) atoms. The van der Waals surface area contributed by atoms with Gasteiger partial charge < -0.3 is 10.8 Å². The van der Waals surface area contributed by atoms with E-state index in [1.165, 1.54) is 18.3 Å². The molecule has 0 aromatic carbocycles. The average Bonchev–Trinajstić information content (AvgIpc) is 2.22. The van der Waals surface area contributed by atoms with Crippen LogP contribution in [-0.2, 0) is 10.2 Å². The third-order valence-electron chi connectivity index (χ3n) is 2.36. The third kappa shape index (κ3) is 5.76. The van der Waals surface area contributed by atoms with Crippen LogP contribution in [0.25, 0.3) is 0 Å². The number of unbranched alkanes of at least 4 members (excludes halogenated alkanes) is 1. The quantitative estimate of drug-likeness (QED) is 0.531. The van der Waals surface area contributed by atoms with Crippen LogP contribution >= 0.6 is 0 Å². The minimum atomic E-state index is -3.47. The molecule has 7 heteroatoms. The maximum Gasteiger partial charge on any atom is 0.279 e. The second-order valence-electron chi connectivity index (χ2n) is 3.93. The Bertz CT molecular complexity index is 280. The summed E-state index contributed by atoms with van der Waals surface area (Å²) in [5.74, 6) is 0. The van der Waals surface area contributed by atoms with Crippen molar-refractivity contribution in [2.75, 3.05) is 20.1 Å². The molecule has 0 aromatic rings. The molecular weight excluding hydrogens is 230 g/mol. The number of nitrogens with two attached hydrogens (primary N) is 1. The zero-order valence-corrected chi connectivity index (χ0v) is 11.0. The Morgan fingerprint density at radius 1 is 1.50 bits per heavy atom. The van der Waals surface area contributed by atoms with Gasteiger partial charge in [-0.25, -0.2) is 4.72 Å². The molecule has 0 radical (unpaired) electrons. The number of aliphatic hydroxyl groups excluding tert-OH is 1. The Kier molecular flexibility index (Phi) is 7.09. The Labute approximate surface area is 98.0 Å². The van der Waals surface area contributed by atoms with E-state index in [2.05, 4.69) is 4.72 Å². The van der Waals surface area contributed by atoms with Gasteiger partial charge in [-0.3, -0.25) is 0 Å². The summed E-state index contributed by atoms with van der Waals surface area (Å²) in [7, 11) is -1.95. The molecule has 0 aromatic heterocycles. The highest BCUT2D eigenvalue weighted by Gasteiger charge is 2.19. The molecule has 0 aliphatic carbocycles. The molecule has 0 fully saturated rings. The lowest BCUT2D eigenvalue weighted by Gasteiger charge is -2.20. The summed E-state index contributed by atoms with van der Waals surface area (Å²) in [6.45, 7) is 4.04. The number of hydrogen-bond donors (Lipinski definition) is 3. The molecule has 4 N–H and O–H groups in total. The van der Waals surface area contributed by atoms with Crippen molar-refractivity contribution in [1.29, 1.82) is 0 Å². The molecule has 98 valence electrons. The van der Waals surface area contributed by atoms with Crippen molar-refractivity contribution in [1.82, 2.24) is 9.03 Å². The molecule has 2 unspecified atom stereocenters. The maximum absolute atomic E-state index is 11.6. The van der Waals surface area contributed by atoms with Gasteiger partial charge in [0.1, 0.15) is 0 Å².